The second kappa shape index (κ2) is 7.56. The molecule has 0 aliphatic carbocycles. The molecule has 5 nitrogen and oxygen atoms in total. The minimum absolute atomic E-state index is 0.569. The molecule has 0 bridgehead atoms. The van der Waals surface area contributed by atoms with Gasteiger partial charge in [0.1, 0.15) is 5.75 Å². The average Bonchev–Trinajstić information content (AvgIpc) is 3.22. The fourth-order valence-electron chi connectivity index (χ4n) is 4.63. The maximum atomic E-state index is 6.20. The summed E-state index contributed by atoms with van der Waals surface area (Å²) >= 11 is 0. The zero-order chi connectivity index (χ0) is 19.8. The van der Waals surface area contributed by atoms with Crippen LogP contribution in [-0.4, -0.2) is 42.1 Å². The molecule has 2 aliphatic heterocycles. The maximum absolute atomic E-state index is 6.20. The molecule has 0 saturated carbocycles. The first kappa shape index (κ1) is 18.3. The molecule has 1 saturated heterocycles. The van der Waals surface area contributed by atoms with Crippen LogP contribution in [0.3, 0.4) is 0 Å². The molecule has 2 aromatic carbocycles. The van der Waals surface area contributed by atoms with Crippen LogP contribution in [0.1, 0.15) is 25.3 Å². The van der Waals surface area contributed by atoms with E-state index < -0.39 is 0 Å². The van der Waals surface area contributed by atoms with Crippen LogP contribution in [0.5, 0.6) is 5.75 Å². The number of ether oxygens (including phenoxy) is 1. The summed E-state index contributed by atoms with van der Waals surface area (Å²) in [7, 11) is 2.21. The number of fused-ring (bicyclic) bond motifs is 3. The summed E-state index contributed by atoms with van der Waals surface area (Å²) in [5, 5.41) is 7.90. The largest absolute Gasteiger partial charge is 0.493 e. The van der Waals surface area contributed by atoms with E-state index in [9.17, 15) is 0 Å². The lowest BCUT2D eigenvalue weighted by molar-refractivity contribution is 0.326. The van der Waals surface area contributed by atoms with Gasteiger partial charge in [0.25, 0.3) is 0 Å². The number of rotatable bonds is 3. The van der Waals surface area contributed by atoms with Gasteiger partial charge < -0.3 is 15.0 Å². The Morgan fingerprint density at radius 2 is 2.07 bits per heavy atom. The summed E-state index contributed by atoms with van der Waals surface area (Å²) in [5.41, 5.74) is 6.08. The number of nitrogens with one attached hydrogen (secondary N) is 1. The second-order valence-electron chi connectivity index (χ2n) is 8.22. The van der Waals surface area contributed by atoms with Crippen LogP contribution in [0, 0.1) is 0 Å². The summed E-state index contributed by atoms with van der Waals surface area (Å²) < 4.78 is 8.11. The van der Waals surface area contributed by atoms with Gasteiger partial charge in [-0.05, 0) is 67.8 Å². The highest BCUT2D eigenvalue weighted by Gasteiger charge is 2.24. The van der Waals surface area contributed by atoms with Crippen molar-refractivity contribution in [2.45, 2.75) is 38.3 Å². The molecule has 2 unspecified atom stereocenters. The van der Waals surface area contributed by atoms with E-state index in [0.717, 1.165) is 24.4 Å². The fourth-order valence-corrected chi connectivity index (χ4v) is 4.63. The van der Waals surface area contributed by atoms with Crippen LogP contribution in [0.25, 0.3) is 16.8 Å². The van der Waals surface area contributed by atoms with Gasteiger partial charge in [0.2, 0.25) is 0 Å². The Morgan fingerprint density at radius 3 is 2.90 bits per heavy atom. The van der Waals surface area contributed by atoms with Crippen molar-refractivity contribution < 1.29 is 4.74 Å². The molecule has 1 aromatic heterocycles. The van der Waals surface area contributed by atoms with Crippen LogP contribution in [0.2, 0.25) is 0 Å². The third-order valence-corrected chi connectivity index (χ3v) is 6.29. The van der Waals surface area contributed by atoms with E-state index in [4.69, 9.17) is 4.74 Å². The van der Waals surface area contributed by atoms with Crippen LogP contribution >= 0.6 is 0 Å². The number of hydrogen-bond donors (Lipinski definition) is 1. The summed E-state index contributed by atoms with van der Waals surface area (Å²) in [6.45, 7) is 4.05. The third kappa shape index (κ3) is 3.51. The van der Waals surface area contributed by atoms with Crippen molar-refractivity contribution in [1.29, 1.82) is 0 Å². The van der Waals surface area contributed by atoms with E-state index >= 15 is 0 Å². The Bertz CT molecular complexity index is 998. The van der Waals surface area contributed by atoms with Gasteiger partial charge in [-0.2, -0.15) is 5.10 Å². The van der Waals surface area contributed by atoms with Crippen LogP contribution < -0.4 is 15.0 Å². The standard InChI is InChI=1S/C24H28N4O/c1-17-14-20(8-11-25-17)27(2)19-4-7-23-22-6-5-21(28-12-3-10-26-28)15-18(22)9-13-29-24(23)16-19/h3-7,10,12,15-17,20,25H,8-9,11,13-14H2,1-2H3. The van der Waals surface area contributed by atoms with Gasteiger partial charge >= 0.3 is 0 Å². The first-order valence-electron chi connectivity index (χ1n) is 10.6. The molecule has 3 aromatic rings. The quantitative estimate of drug-likeness (QED) is 0.735. The van der Waals surface area contributed by atoms with Gasteiger partial charge in [-0.25, -0.2) is 4.68 Å². The maximum Gasteiger partial charge on any atom is 0.129 e. The van der Waals surface area contributed by atoms with E-state index in [2.05, 4.69) is 65.7 Å². The Kier molecular flexibility index (Phi) is 4.76. The van der Waals surface area contributed by atoms with Gasteiger partial charge in [0.15, 0.2) is 0 Å². The first-order chi connectivity index (χ1) is 14.2. The molecule has 150 valence electrons. The van der Waals surface area contributed by atoms with E-state index in [1.807, 2.05) is 23.1 Å². The van der Waals surface area contributed by atoms with Crippen molar-refractivity contribution in [3.63, 3.8) is 0 Å². The van der Waals surface area contributed by atoms with Gasteiger partial charge in [-0.1, -0.05) is 6.07 Å². The Labute approximate surface area is 172 Å². The molecule has 5 rings (SSSR count). The summed E-state index contributed by atoms with van der Waals surface area (Å²) in [6, 6.07) is 16.4. The van der Waals surface area contributed by atoms with Crippen molar-refractivity contribution in [2.24, 2.45) is 0 Å². The van der Waals surface area contributed by atoms with Crippen LogP contribution in [-0.2, 0) is 6.42 Å². The van der Waals surface area contributed by atoms with E-state index in [1.165, 1.54) is 35.2 Å². The molecule has 2 atom stereocenters. The van der Waals surface area contributed by atoms with Crippen molar-refractivity contribution in [3.05, 3.63) is 60.4 Å². The number of hydrogen-bond acceptors (Lipinski definition) is 4. The van der Waals surface area contributed by atoms with Crippen LogP contribution in [0.4, 0.5) is 5.69 Å². The number of benzene rings is 2. The van der Waals surface area contributed by atoms with E-state index in [1.54, 1.807) is 0 Å². The molecule has 3 heterocycles. The number of nitrogens with zero attached hydrogens (tertiary/aromatic N) is 3. The van der Waals surface area contributed by atoms with Crippen molar-refractivity contribution in [3.8, 4) is 22.6 Å². The first-order valence-corrected chi connectivity index (χ1v) is 10.6. The zero-order valence-electron chi connectivity index (χ0n) is 17.1. The normalized spacial score (nSPS) is 20.9. The second-order valence-corrected chi connectivity index (χ2v) is 8.22. The lowest BCUT2D eigenvalue weighted by Gasteiger charge is -2.36. The Balaban J connectivity index is 1.47. The Hall–Kier alpha value is -2.79. The Morgan fingerprint density at radius 1 is 1.17 bits per heavy atom. The van der Waals surface area contributed by atoms with Crippen molar-refractivity contribution >= 4 is 5.69 Å². The SMILES string of the molecule is CC1CC(N(C)c2ccc3c(c2)OCCc2cc(-n4cccn4)ccc2-3)CCN1. The average molecular weight is 389 g/mol. The van der Waals surface area contributed by atoms with Gasteiger partial charge in [0.05, 0.1) is 12.3 Å². The molecule has 29 heavy (non-hydrogen) atoms. The molecule has 0 spiro atoms. The lowest BCUT2D eigenvalue weighted by atomic mass is 9.96. The molecule has 5 heteroatoms. The smallest absolute Gasteiger partial charge is 0.129 e. The molecule has 1 N–H and O–H groups in total. The summed E-state index contributed by atoms with van der Waals surface area (Å²) in [5.74, 6) is 0.988. The third-order valence-electron chi connectivity index (χ3n) is 6.29. The minimum atomic E-state index is 0.569. The zero-order valence-corrected chi connectivity index (χ0v) is 17.1. The van der Waals surface area contributed by atoms with Gasteiger partial charge in [-0.15, -0.1) is 0 Å². The molecule has 1 fully saturated rings. The van der Waals surface area contributed by atoms with E-state index in [0.29, 0.717) is 18.7 Å². The number of piperidine rings is 1. The molecule has 2 aliphatic rings. The molecular weight excluding hydrogens is 360 g/mol. The molecule has 0 amide bonds. The predicted octanol–water partition coefficient (Wildman–Crippen LogP) is 4.05. The van der Waals surface area contributed by atoms with Crippen molar-refractivity contribution in [1.82, 2.24) is 15.1 Å². The monoisotopic (exact) mass is 388 g/mol. The summed E-state index contributed by atoms with van der Waals surface area (Å²) in [4.78, 5) is 2.42. The lowest BCUT2D eigenvalue weighted by Crippen LogP contribution is -2.45. The molecular formula is C24H28N4O. The summed E-state index contributed by atoms with van der Waals surface area (Å²) in [6.07, 6.45) is 7.04. The van der Waals surface area contributed by atoms with Crippen molar-refractivity contribution in [2.75, 3.05) is 25.1 Å². The number of aromatic nitrogens is 2. The predicted molar refractivity (Wildman–Crippen MR) is 117 cm³/mol. The molecule has 0 radical (unpaired) electrons. The number of anilines is 1. The van der Waals surface area contributed by atoms with Crippen LogP contribution in [0.15, 0.2) is 54.9 Å². The fraction of sp³-hybridized carbons (Fsp3) is 0.375. The van der Waals surface area contributed by atoms with Gasteiger partial charge in [0, 0.05) is 55.3 Å². The minimum Gasteiger partial charge on any atom is -0.493 e. The highest BCUT2D eigenvalue weighted by Crippen LogP contribution is 2.39. The highest BCUT2D eigenvalue weighted by molar-refractivity contribution is 5.77. The van der Waals surface area contributed by atoms with E-state index in [-0.39, 0.29) is 0 Å². The van der Waals surface area contributed by atoms with Gasteiger partial charge in [-0.3, -0.25) is 0 Å². The highest BCUT2D eigenvalue weighted by atomic mass is 16.5. The topological polar surface area (TPSA) is 42.3 Å².